The van der Waals surface area contributed by atoms with Gasteiger partial charge in [-0.25, -0.2) is 0 Å². The van der Waals surface area contributed by atoms with Crippen LogP contribution in [0.5, 0.6) is 0 Å². The molecule has 3 fully saturated rings. The van der Waals surface area contributed by atoms with E-state index in [-0.39, 0.29) is 6.04 Å². The standard InChI is InChI=1S/C18H33N3OS/c1-16(17(22)20-9-5-6-10-20)19-15-18(7-3-2-4-8-18)21-11-13-23-14-12-21/h16,19H,2-15H2,1H3/t16-/m0/s1. The van der Waals surface area contributed by atoms with Crippen molar-refractivity contribution in [2.75, 3.05) is 44.2 Å². The zero-order valence-corrected chi connectivity index (χ0v) is 15.5. The Labute approximate surface area is 145 Å². The first-order valence-corrected chi connectivity index (χ1v) is 10.7. The number of amides is 1. The quantitative estimate of drug-likeness (QED) is 0.834. The Balaban J connectivity index is 1.58. The van der Waals surface area contributed by atoms with Crippen molar-refractivity contribution in [1.29, 1.82) is 0 Å². The minimum absolute atomic E-state index is 0.0360. The first-order chi connectivity index (χ1) is 11.2. The van der Waals surface area contributed by atoms with Crippen LogP contribution in [0.2, 0.25) is 0 Å². The molecule has 132 valence electrons. The number of hydrogen-bond acceptors (Lipinski definition) is 4. The van der Waals surface area contributed by atoms with E-state index in [0.29, 0.717) is 11.4 Å². The highest BCUT2D eigenvalue weighted by Gasteiger charge is 2.39. The van der Waals surface area contributed by atoms with Crippen LogP contribution in [-0.2, 0) is 4.79 Å². The molecule has 3 aliphatic rings. The molecule has 3 rings (SSSR count). The molecule has 2 saturated heterocycles. The summed E-state index contributed by atoms with van der Waals surface area (Å²) >= 11 is 2.08. The van der Waals surface area contributed by atoms with Crippen LogP contribution in [0.4, 0.5) is 0 Å². The van der Waals surface area contributed by atoms with Crippen molar-refractivity contribution >= 4 is 17.7 Å². The molecule has 0 aromatic rings. The minimum Gasteiger partial charge on any atom is -0.341 e. The molecule has 1 N–H and O–H groups in total. The summed E-state index contributed by atoms with van der Waals surface area (Å²) < 4.78 is 0. The summed E-state index contributed by atoms with van der Waals surface area (Å²) in [6, 6.07) is -0.0360. The van der Waals surface area contributed by atoms with Gasteiger partial charge in [0.1, 0.15) is 0 Å². The van der Waals surface area contributed by atoms with Gasteiger partial charge >= 0.3 is 0 Å². The van der Waals surface area contributed by atoms with Crippen LogP contribution in [0.3, 0.4) is 0 Å². The number of nitrogens with one attached hydrogen (secondary N) is 1. The van der Waals surface area contributed by atoms with Crippen LogP contribution < -0.4 is 5.32 Å². The molecule has 2 heterocycles. The fourth-order valence-corrected chi connectivity index (χ4v) is 5.40. The lowest BCUT2D eigenvalue weighted by atomic mass is 9.79. The summed E-state index contributed by atoms with van der Waals surface area (Å²) in [4.78, 5) is 17.3. The average Bonchev–Trinajstić information content (AvgIpc) is 3.15. The molecule has 1 aliphatic carbocycles. The molecule has 1 amide bonds. The topological polar surface area (TPSA) is 35.6 Å². The number of carbonyl (C=O) groups excluding carboxylic acids is 1. The number of rotatable bonds is 5. The van der Waals surface area contributed by atoms with Gasteiger partial charge in [-0.1, -0.05) is 19.3 Å². The smallest absolute Gasteiger partial charge is 0.239 e. The van der Waals surface area contributed by atoms with Gasteiger partial charge in [0.25, 0.3) is 0 Å². The summed E-state index contributed by atoms with van der Waals surface area (Å²) in [5.74, 6) is 2.84. The summed E-state index contributed by atoms with van der Waals surface area (Å²) in [7, 11) is 0. The number of nitrogens with zero attached hydrogens (tertiary/aromatic N) is 2. The van der Waals surface area contributed by atoms with Crippen molar-refractivity contribution in [1.82, 2.24) is 15.1 Å². The Kier molecular flexibility index (Phi) is 6.27. The molecular weight excluding hydrogens is 306 g/mol. The van der Waals surface area contributed by atoms with Crippen LogP contribution >= 0.6 is 11.8 Å². The predicted octanol–water partition coefficient (Wildman–Crippen LogP) is 2.34. The molecule has 0 aromatic heterocycles. The van der Waals surface area contributed by atoms with Crippen molar-refractivity contribution in [3.8, 4) is 0 Å². The Morgan fingerprint density at radius 3 is 2.35 bits per heavy atom. The van der Waals surface area contributed by atoms with Gasteiger partial charge in [-0.2, -0.15) is 11.8 Å². The second kappa shape index (κ2) is 8.21. The highest BCUT2D eigenvalue weighted by Crippen LogP contribution is 2.35. The normalized spacial score (nSPS) is 27.1. The van der Waals surface area contributed by atoms with Crippen molar-refractivity contribution in [3.63, 3.8) is 0 Å². The number of hydrogen-bond donors (Lipinski definition) is 1. The van der Waals surface area contributed by atoms with Crippen LogP contribution in [0, 0.1) is 0 Å². The summed E-state index contributed by atoms with van der Waals surface area (Å²) in [6.07, 6.45) is 9.03. The first kappa shape index (κ1) is 17.6. The molecule has 23 heavy (non-hydrogen) atoms. The van der Waals surface area contributed by atoms with Crippen molar-refractivity contribution in [2.24, 2.45) is 0 Å². The lowest BCUT2D eigenvalue weighted by Gasteiger charge is -2.48. The van der Waals surface area contributed by atoms with Gasteiger partial charge in [-0.15, -0.1) is 0 Å². The monoisotopic (exact) mass is 339 g/mol. The zero-order chi connectivity index (χ0) is 16.1. The summed E-state index contributed by atoms with van der Waals surface area (Å²) in [5, 5.41) is 3.63. The molecule has 1 atom stereocenters. The maximum Gasteiger partial charge on any atom is 0.239 e. The fraction of sp³-hybridized carbons (Fsp3) is 0.944. The van der Waals surface area contributed by atoms with Gasteiger partial charge in [0, 0.05) is 49.8 Å². The second-order valence-corrected chi connectivity index (χ2v) is 8.74. The first-order valence-electron chi connectivity index (χ1n) is 9.56. The van der Waals surface area contributed by atoms with Crippen LogP contribution in [0.1, 0.15) is 51.9 Å². The molecule has 0 spiro atoms. The van der Waals surface area contributed by atoms with Crippen LogP contribution in [0.25, 0.3) is 0 Å². The van der Waals surface area contributed by atoms with Crippen molar-refractivity contribution in [2.45, 2.75) is 63.5 Å². The summed E-state index contributed by atoms with van der Waals surface area (Å²) in [5.41, 5.74) is 0.304. The molecule has 0 unspecified atom stereocenters. The van der Waals surface area contributed by atoms with E-state index in [4.69, 9.17) is 0 Å². The van der Waals surface area contributed by atoms with Gasteiger partial charge in [-0.3, -0.25) is 9.69 Å². The molecule has 4 nitrogen and oxygen atoms in total. The van der Waals surface area contributed by atoms with Crippen molar-refractivity contribution < 1.29 is 4.79 Å². The Morgan fingerprint density at radius 2 is 1.70 bits per heavy atom. The molecule has 0 bridgehead atoms. The predicted molar refractivity (Wildman–Crippen MR) is 98.0 cm³/mol. The van der Waals surface area contributed by atoms with E-state index < -0.39 is 0 Å². The van der Waals surface area contributed by atoms with Gasteiger partial charge in [0.2, 0.25) is 5.91 Å². The zero-order valence-electron chi connectivity index (χ0n) is 14.7. The maximum absolute atomic E-state index is 12.5. The van der Waals surface area contributed by atoms with Crippen molar-refractivity contribution in [3.05, 3.63) is 0 Å². The summed E-state index contributed by atoms with van der Waals surface area (Å²) in [6.45, 7) is 7.40. The van der Waals surface area contributed by atoms with E-state index in [2.05, 4.69) is 28.9 Å². The number of likely N-dealkylation sites (tertiary alicyclic amines) is 1. The highest BCUT2D eigenvalue weighted by molar-refractivity contribution is 7.99. The lowest BCUT2D eigenvalue weighted by molar-refractivity contribution is -0.132. The Bertz CT molecular complexity index is 386. The molecular formula is C18H33N3OS. The number of thioether (sulfide) groups is 1. The molecule has 0 radical (unpaired) electrons. The third kappa shape index (κ3) is 4.23. The molecule has 5 heteroatoms. The third-order valence-corrected chi connectivity index (χ3v) is 6.93. The van der Waals surface area contributed by atoms with Gasteiger partial charge in [-0.05, 0) is 32.6 Å². The Morgan fingerprint density at radius 1 is 1.04 bits per heavy atom. The number of carbonyl (C=O) groups is 1. The largest absolute Gasteiger partial charge is 0.341 e. The minimum atomic E-state index is -0.0360. The average molecular weight is 340 g/mol. The van der Waals surface area contributed by atoms with E-state index in [9.17, 15) is 4.79 Å². The van der Waals surface area contributed by atoms with Crippen LogP contribution in [0.15, 0.2) is 0 Å². The highest BCUT2D eigenvalue weighted by atomic mass is 32.2. The second-order valence-electron chi connectivity index (χ2n) is 7.52. The van der Waals surface area contributed by atoms with E-state index in [1.807, 2.05) is 4.90 Å². The van der Waals surface area contributed by atoms with E-state index >= 15 is 0 Å². The maximum atomic E-state index is 12.5. The van der Waals surface area contributed by atoms with E-state index in [1.165, 1.54) is 69.5 Å². The molecule has 0 aromatic carbocycles. The van der Waals surface area contributed by atoms with Gasteiger partial charge < -0.3 is 10.2 Å². The Hall–Kier alpha value is -0.260. The third-order valence-electron chi connectivity index (χ3n) is 5.99. The molecule has 1 saturated carbocycles. The van der Waals surface area contributed by atoms with Gasteiger partial charge in [0.05, 0.1) is 6.04 Å². The fourth-order valence-electron chi connectivity index (χ4n) is 4.49. The SMILES string of the molecule is C[C@H](NCC1(N2CCSCC2)CCCCC1)C(=O)N1CCCC1. The lowest BCUT2D eigenvalue weighted by Crippen LogP contribution is -2.60. The van der Waals surface area contributed by atoms with Gasteiger partial charge in [0.15, 0.2) is 0 Å². The van der Waals surface area contributed by atoms with E-state index in [1.54, 1.807) is 0 Å². The van der Waals surface area contributed by atoms with E-state index in [0.717, 1.165) is 19.6 Å². The molecule has 2 aliphatic heterocycles. The van der Waals surface area contributed by atoms with Crippen LogP contribution in [-0.4, -0.2) is 71.5 Å².